The number of aromatic nitrogens is 4. The van der Waals surface area contributed by atoms with Crippen LogP contribution in [0.5, 0.6) is 0 Å². The third kappa shape index (κ3) is 2.17. The zero-order chi connectivity index (χ0) is 12.5. The molecule has 3 aromatic rings. The summed E-state index contributed by atoms with van der Waals surface area (Å²) in [6.07, 6.45) is 2.27. The molecule has 0 amide bonds. The minimum atomic E-state index is 0.407. The first kappa shape index (κ1) is 11.4. The average molecular weight is 279 g/mol. The Hall–Kier alpha value is -1.65. The number of hydrogen-bond donors (Lipinski definition) is 0. The molecule has 0 saturated heterocycles. The van der Waals surface area contributed by atoms with E-state index in [0.717, 1.165) is 11.4 Å². The van der Waals surface area contributed by atoms with Crippen LogP contribution < -0.4 is 0 Å². The van der Waals surface area contributed by atoms with Crippen molar-refractivity contribution in [2.75, 3.05) is 0 Å². The van der Waals surface area contributed by atoms with Crippen LogP contribution in [-0.4, -0.2) is 19.6 Å². The predicted molar refractivity (Wildman–Crippen MR) is 70.1 cm³/mol. The minimum absolute atomic E-state index is 0.407. The van der Waals surface area contributed by atoms with Crippen LogP contribution in [0.2, 0.25) is 10.2 Å². The summed E-state index contributed by atoms with van der Waals surface area (Å²) in [5, 5.41) is 9.30. The Bertz CT molecular complexity index is 708. The van der Waals surface area contributed by atoms with Gasteiger partial charge in [-0.05, 0) is 17.7 Å². The second-order valence-corrected chi connectivity index (χ2v) is 4.69. The molecule has 1 aromatic carbocycles. The smallest absolute Gasteiger partial charge is 0.165 e. The van der Waals surface area contributed by atoms with E-state index >= 15 is 0 Å². The van der Waals surface area contributed by atoms with Crippen LogP contribution in [-0.2, 0) is 6.42 Å². The lowest BCUT2D eigenvalue weighted by Gasteiger charge is -2.01. The first-order valence-electron chi connectivity index (χ1n) is 5.32. The zero-order valence-electron chi connectivity index (χ0n) is 9.22. The van der Waals surface area contributed by atoms with Crippen molar-refractivity contribution in [1.29, 1.82) is 0 Å². The summed E-state index contributed by atoms with van der Waals surface area (Å²) in [7, 11) is 0. The highest BCUT2D eigenvalue weighted by atomic mass is 35.5. The van der Waals surface area contributed by atoms with Crippen LogP contribution >= 0.6 is 23.2 Å². The van der Waals surface area contributed by atoms with Crippen molar-refractivity contribution < 1.29 is 0 Å². The number of fused-ring (bicyclic) bond motifs is 1. The first-order chi connectivity index (χ1) is 8.72. The molecule has 0 aliphatic heterocycles. The van der Waals surface area contributed by atoms with Gasteiger partial charge in [0.25, 0.3) is 0 Å². The fourth-order valence-corrected chi connectivity index (χ4v) is 2.12. The molecule has 0 N–H and O–H groups in total. The molecular formula is C12H8Cl2N4. The van der Waals surface area contributed by atoms with E-state index in [-0.39, 0.29) is 0 Å². The summed E-state index contributed by atoms with van der Waals surface area (Å²) in [6, 6.07) is 9.34. The fourth-order valence-electron chi connectivity index (χ4n) is 1.77. The topological polar surface area (TPSA) is 43.1 Å². The Morgan fingerprint density at radius 2 is 2.00 bits per heavy atom. The molecule has 0 aliphatic carbocycles. The molecule has 2 heterocycles. The van der Waals surface area contributed by atoms with Gasteiger partial charge in [0.05, 0.1) is 0 Å². The maximum atomic E-state index is 5.95. The summed E-state index contributed by atoms with van der Waals surface area (Å²) >= 11 is 11.8. The highest BCUT2D eigenvalue weighted by Crippen LogP contribution is 2.15. The average Bonchev–Trinajstić information content (AvgIpc) is 2.72. The van der Waals surface area contributed by atoms with Crippen molar-refractivity contribution in [1.82, 2.24) is 19.6 Å². The molecule has 0 atom stereocenters. The van der Waals surface area contributed by atoms with E-state index in [1.807, 2.05) is 28.7 Å². The summed E-state index contributed by atoms with van der Waals surface area (Å²) in [5.74, 6) is 0.802. The quantitative estimate of drug-likeness (QED) is 0.677. The molecule has 3 rings (SSSR count). The van der Waals surface area contributed by atoms with Gasteiger partial charge in [0, 0.05) is 17.5 Å². The van der Waals surface area contributed by atoms with Gasteiger partial charge in [-0.3, -0.25) is 4.40 Å². The monoisotopic (exact) mass is 278 g/mol. The number of rotatable bonds is 2. The van der Waals surface area contributed by atoms with E-state index in [9.17, 15) is 0 Å². The maximum absolute atomic E-state index is 5.95. The lowest BCUT2D eigenvalue weighted by molar-refractivity contribution is 0.919. The van der Waals surface area contributed by atoms with E-state index in [1.54, 1.807) is 12.4 Å². The fraction of sp³-hybridized carbons (Fsp3) is 0.0833. The SMILES string of the molecule is Clc1cccc(Cc2nnc3cc(Cl)ncn23)c1. The summed E-state index contributed by atoms with van der Waals surface area (Å²) < 4.78 is 1.81. The second kappa shape index (κ2) is 4.55. The van der Waals surface area contributed by atoms with Crippen molar-refractivity contribution in [3.63, 3.8) is 0 Å². The largest absolute Gasteiger partial charge is 0.269 e. The molecule has 0 saturated carbocycles. The van der Waals surface area contributed by atoms with Gasteiger partial charge in [-0.1, -0.05) is 35.3 Å². The van der Waals surface area contributed by atoms with Crippen molar-refractivity contribution in [3.8, 4) is 0 Å². The molecule has 0 bridgehead atoms. The van der Waals surface area contributed by atoms with E-state index in [1.165, 1.54) is 0 Å². The van der Waals surface area contributed by atoms with Crippen LogP contribution in [0.25, 0.3) is 5.65 Å². The normalized spacial score (nSPS) is 11.0. The van der Waals surface area contributed by atoms with Gasteiger partial charge in [0.1, 0.15) is 17.3 Å². The van der Waals surface area contributed by atoms with Crippen LogP contribution in [0.15, 0.2) is 36.7 Å². The predicted octanol–water partition coefficient (Wildman–Crippen LogP) is 3.02. The van der Waals surface area contributed by atoms with Gasteiger partial charge >= 0.3 is 0 Å². The lowest BCUT2D eigenvalue weighted by atomic mass is 10.1. The molecule has 18 heavy (non-hydrogen) atoms. The van der Waals surface area contributed by atoms with Crippen LogP contribution in [0.4, 0.5) is 0 Å². The number of halogens is 2. The molecule has 6 heteroatoms. The Morgan fingerprint density at radius 3 is 2.83 bits per heavy atom. The number of hydrogen-bond acceptors (Lipinski definition) is 3. The van der Waals surface area contributed by atoms with Crippen LogP contribution in [0.3, 0.4) is 0 Å². The number of benzene rings is 1. The molecule has 0 fully saturated rings. The maximum Gasteiger partial charge on any atom is 0.165 e. The highest BCUT2D eigenvalue weighted by Gasteiger charge is 2.07. The molecule has 0 radical (unpaired) electrons. The van der Waals surface area contributed by atoms with Gasteiger partial charge in [0.2, 0.25) is 0 Å². The van der Waals surface area contributed by atoms with Crippen molar-refractivity contribution in [2.45, 2.75) is 6.42 Å². The Labute approximate surface area is 113 Å². The summed E-state index contributed by atoms with van der Waals surface area (Å²) in [6.45, 7) is 0. The third-order valence-corrected chi connectivity index (χ3v) is 3.03. The molecule has 2 aromatic heterocycles. The standard InChI is InChI=1S/C12H8Cl2N4/c13-9-3-1-2-8(4-9)5-11-16-17-12-6-10(14)15-7-18(11)12/h1-4,6-7H,5H2. The van der Waals surface area contributed by atoms with E-state index < -0.39 is 0 Å². The first-order valence-corrected chi connectivity index (χ1v) is 6.07. The Kier molecular flexibility index (Phi) is 2.89. The minimum Gasteiger partial charge on any atom is -0.269 e. The van der Waals surface area contributed by atoms with Gasteiger partial charge in [-0.25, -0.2) is 4.98 Å². The van der Waals surface area contributed by atoms with Gasteiger partial charge in [0.15, 0.2) is 5.65 Å². The van der Waals surface area contributed by atoms with Gasteiger partial charge in [-0.15, -0.1) is 10.2 Å². The van der Waals surface area contributed by atoms with Gasteiger partial charge < -0.3 is 0 Å². The lowest BCUT2D eigenvalue weighted by Crippen LogP contribution is -1.97. The molecule has 4 nitrogen and oxygen atoms in total. The Balaban J connectivity index is 2.00. The molecule has 0 aliphatic rings. The molecule has 0 unspecified atom stereocenters. The number of nitrogens with zero attached hydrogens (tertiary/aromatic N) is 4. The van der Waals surface area contributed by atoms with Crippen molar-refractivity contribution >= 4 is 28.8 Å². The van der Waals surface area contributed by atoms with E-state index in [4.69, 9.17) is 23.2 Å². The summed E-state index contributed by atoms with van der Waals surface area (Å²) in [5.41, 5.74) is 1.76. The zero-order valence-corrected chi connectivity index (χ0v) is 10.7. The Morgan fingerprint density at radius 1 is 1.11 bits per heavy atom. The van der Waals surface area contributed by atoms with Crippen molar-refractivity contribution in [2.24, 2.45) is 0 Å². The molecular weight excluding hydrogens is 271 g/mol. The van der Waals surface area contributed by atoms with Crippen LogP contribution in [0, 0.1) is 0 Å². The van der Waals surface area contributed by atoms with Crippen LogP contribution in [0.1, 0.15) is 11.4 Å². The molecule has 90 valence electrons. The summed E-state index contributed by atoms with van der Waals surface area (Å²) in [4.78, 5) is 4.02. The third-order valence-electron chi connectivity index (χ3n) is 2.59. The van der Waals surface area contributed by atoms with E-state index in [0.29, 0.717) is 22.2 Å². The highest BCUT2D eigenvalue weighted by molar-refractivity contribution is 6.30. The molecule has 0 spiro atoms. The van der Waals surface area contributed by atoms with E-state index in [2.05, 4.69) is 15.2 Å². The van der Waals surface area contributed by atoms with Crippen molar-refractivity contribution in [3.05, 3.63) is 58.2 Å². The second-order valence-electron chi connectivity index (χ2n) is 3.86. The van der Waals surface area contributed by atoms with Gasteiger partial charge in [-0.2, -0.15) is 0 Å².